The lowest BCUT2D eigenvalue weighted by atomic mass is 10.1. The lowest BCUT2D eigenvalue weighted by Gasteiger charge is -2.11. The number of amides is 3. The van der Waals surface area contributed by atoms with E-state index in [0.29, 0.717) is 16.3 Å². The molecule has 8 nitrogen and oxygen atoms in total. The first-order valence-corrected chi connectivity index (χ1v) is 8.95. The molecule has 148 valence electrons. The van der Waals surface area contributed by atoms with E-state index < -0.39 is 24.0 Å². The van der Waals surface area contributed by atoms with Crippen molar-refractivity contribution in [2.45, 2.75) is 13.0 Å². The number of ether oxygens (including phenoxy) is 1. The number of hydrogen-bond donors (Lipinski definition) is 2. The van der Waals surface area contributed by atoms with Crippen molar-refractivity contribution in [2.24, 2.45) is 5.73 Å². The van der Waals surface area contributed by atoms with Gasteiger partial charge in [-0.3, -0.25) is 10.1 Å². The molecule has 2 aromatic carbocycles. The zero-order valence-electron chi connectivity index (χ0n) is 15.3. The van der Waals surface area contributed by atoms with Crippen LogP contribution in [0.5, 0.6) is 0 Å². The molecule has 1 aromatic heterocycles. The monoisotopic (exact) mass is 412 g/mol. The van der Waals surface area contributed by atoms with E-state index >= 15 is 0 Å². The van der Waals surface area contributed by atoms with Gasteiger partial charge in [-0.25, -0.2) is 14.3 Å². The number of carbonyl (C=O) groups excluding carboxylic acids is 3. The standard InChI is InChI=1S/C20H17ClN4O4/c1-12(18(26)23-20(22)28)29-19(27)16-11-25(15-5-3-2-4-6-15)24-17(16)13-7-9-14(21)10-8-13/h2-12H,1H3,(H3,22,23,26,28)/t12-/m1/s1. The molecular formula is C20H17ClN4O4. The summed E-state index contributed by atoms with van der Waals surface area (Å²) in [5.41, 5.74) is 6.81. The highest BCUT2D eigenvalue weighted by Crippen LogP contribution is 2.26. The van der Waals surface area contributed by atoms with Gasteiger partial charge >= 0.3 is 12.0 Å². The van der Waals surface area contributed by atoms with Crippen molar-refractivity contribution in [1.29, 1.82) is 0 Å². The van der Waals surface area contributed by atoms with Gasteiger partial charge in [0.25, 0.3) is 5.91 Å². The van der Waals surface area contributed by atoms with E-state index in [1.54, 1.807) is 24.3 Å². The smallest absolute Gasteiger partial charge is 0.342 e. The van der Waals surface area contributed by atoms with Crippen molar-refractivity contribution in [3.8, 4) is 16.9 Å². The Labute approximate surface area is 171 Å². The third kappa shape index (κ3) is 4.80. The molecule has 29 heavy (non-hydrogen) atoms. The molecule has 3 N–H and O–H groups in total. The van der Waals surface area contributed by atoms with Crippen LogP contribution in [0, 0.1) is 0 Å². The number of benzene rings is 2. The largest absolute Gasteiger partial charge is 0.449 e. The third-order valence-electron chi connectivity index (χ3n) is 3.97. The fourth-order valence-corrected chi connectivity index (χ4v) is 2.68. The maximum absolute atomic E-state index is 12.8. The summed E-state index contributed by atoms with van der Waals surface area (Å²) in [5, 5.41) is 6.91. The second-order valence-corrected chi connectivity index (χ2v) is 6.52. The molecular weight excluding hydrogens is 396 g/mol. The molecule has 3 aromatic rings. The Bertz CT molecular complexity index is 1050. The van der Waals surface area contributed by atoms with E-state index in [1.807, 2.05) is 35.6 Å². The number of carbonyl (C=O) groups is 3. The van der Waals surface area contributed by atoms with Crippen LogP contribution < -0.4 is 11.1 Å². The number of esters is 1. The van der Waals surface area contributed by atoms with Crippen molar-refractivity contribution in [3.05, 3.63) is 71.4 Å². The van der Waals surface area contributed by atoms with Gasteiger partial charge in [0.1, 0.15) is 11.3 Å². The first-order chi connectivity index (χ1) is 13.8. The van der Waals surface area contributed by atoms with Crippen LogP contribution in [0.3, 0.4) is 0 Å². The second kappa shape index (κ2) is 8.57. The van der Waals surface area contributed by atoms with Crippen molar-refractivity contribution in [2.75, 3.05) is 0 Å². The first kappa shape index (κ1) is 20.1. The van der Waals surface area contributed by atoms with Gasteiger partial charge in [0, 0.05) is 16.8 Å². The molecule has 0 fully saturated rings. The fourth-order valence-electron chi connectivity index (χ4n) is 2.56. The highest BCUT2D eigenvalue weighted by Gasteiger charge is 2.25. The molecule has 1 atom stereocenters. The summed E-state index contributed by atoms with van der Waals surface area (Å²) < 4.78 is 6.73. The number of aromatic nitrogens is 2. The lowest BCUT2D eigenvalue weighted by Crippen LogP contribution is -2.42. The lowest BCUT2D eigenvalue weighted by molar-refractivity contribution is -0.127. The topological polar surface area (TPSA) is 116 Å². The van der Waals surface area contributed by atoms with Crippen LogP contribution in [0.2, 0.25) is 5.02 Å². The van der Waals surface area contributed by atoms with Crippen LogP contribution in [-0.2, 0) is 9.53 Å². The van der Waals surface area contributed by atoms with E-state index in [-0.39, 0.29) is 5.56 Å². The molecule has 0 aliphatic carbocycles. The second-order valence-electron chi connectivity index (χ2n) is 6.08. The molecule has 0 bridgehead atoms. The number of halogens is 1. The number of hydrogen-bond acceptors (Lipinski definition) is 5. The molecule has 9 heteroatoms. The van der Waals surface area contributed by atoms with Gasteiger partial charge in [0.05, 0.1) is 5.69 Å². The van der Waals surface area contributed by atoms with Crippen LogP contribution in [0.1, 0.15) is 17.3 Å². The molecule has 0 aliphatic heterocycles. The summed E-state index contributed by atoms with van der Waals surface area (Å²) in [6, 6.07) is 15.0. The average Bonchev–Trinajstić information content (AvgIpc) is 3.14. The Morgan fingerprint density at radius 1 is 1.10 bits per heavy atom. The Morgan fingerprint density at radius 2 is 1.76 bits per heavy atom. The van der Waals surface area contributed by atoms with Gasteiger partial charge in [-0.1, -0.05) is 41.9 Å². The number of nitrogens with zero attached hydrogens (tertiary/aromatic N) is 2. The zero-order chi connectivity index (χ0) is 21.0. The minimum Gasteiger partial charge on any atom is -0.449 e. The number of para-hydroxylation sites is 1. The Hall–Kier alpha value is -3.65. The SMILES string of the molecule is C[C@@H](OC(=O)c1cn(-c2ccccc2)nc1-c1ccc(Cl)cc1)C(=O)NC(N)=O. The number of nitrogens with two attached hydrogens (primary N) is 1. The quantitative estimate of drug-likeness (QED) is 0.625. The molecule has 0 spiro atoms. The molecule has 0 saturated heterocycles. The summed E-state index contributed by atoms with van der Waals surface area (Å²) in [6.07, 6.45) is 0.286. The van der Waals surface area contributed by atoms with Crippen molar-refractivity contribution in [1.82, 2.24) is 15.1 Å². The number of rotatable bonds is 5. The van der Waals surface area contributed by atoms with Crippen molar-refractivity contribution >= 4 is 29.5 Å². The fraction of sp³-hybridized carbons (Fsp3) is 0.100. The number of imide groups is 1. The molecule has 3 rings (SSSR count). The minimum atomic E-state index is -1.23. The van der Waals surface area contributed by atoms with E-state index in [0.717, 1.165) is 5.69 Å². The summed E-state index contributed by atoms with van der Waals surface area (Å²) in [4.78, 5) is 35.4. The highest BCUT2D eigenvalue weighted by atomic mass is 35.5. The van der Waals surface area contributed by atoms with Crippen molar-refractivity contribution in [3.63, 3.8) is 0 Å². The van der Waals surface area contributed by atoms with Crippen LogP contribution in [-0.4, -0.2) is 33.8 Å². The Balaban J connectivity index is 1.96. The van der Waals surface area contributed by atoms with Crippen LogP contribution in [0.4, 0.5) is 4.79 Å². The number of urea groups is 1. The highest BCUT2D eigenvalue weighted by molar-refractivity contribution is 6.30. The Kier molecular flexibility index (Phi) is 5.94. The molecule has 0 saturated carbocycles. The normalized spacial score (nSPS) is 11.5. The maximum Gasteiger partial charge on any atom is 0.342 e. The van der Waals surface area contributed by atoms with E-state index in [2.05, 4.69) is 5.10 Å². The van der Waals surface area contributed by atoms with E-state index in [4.69, 9.17) is 22.1 Å². The summed E-state index contributed by atoms with van der Waals surface area (Å²) in [6.45, 7) is 1.33. The predicted octanol–water partition coefficient (Wildman–Crippen LogP) is 2.93. The zero-order valence-corrected chi connectivity index (χ0v) is 16.1. The minimum absolute atomic E-state index is 0.148. The average molecular weight is 413 g/mol. The molecule has 0 radical (unpaired) electrons. The van der Waals surface area contributed by atoms with Crippen molar-refractivity contribution < 1.29 is 19.1 Å². The Morgan fingerprint density at radius 3 is 2.38 bits per heavy atom. The van der Waals surface area contributed by atoms with E-state index in [1.165, 1.54) is 17.8 Å². The van der Waals surface area contributed by atoms with Gasteiger partial charge in [0.2, 0.25) is 0 Å². The van der Waals surface area contributed by atoms with Gasteiger partial charge in [-0.15, -0.1) is 0 Å². The van der Waals surface area contributed by atoms with Crippen LogP contribution >= 0.6 is 11.6 Å². The molecule has 0 unspecified atom stereocenters. The van der Waals surface area contributed by atoms with Crippen LogP contribution in [0.25, 0.3) is 16.9 Å². The van der Waals surface area contributed by atoms with Gasteiger partial charge in [-0.05, 0) is 31.2 Å². The van der Waals surface area contributed by atoms with Gasteiger partial charge in [-0.2, -0.15) is 5.10 Å². The number of primary amides is 1. The first-order valence-electron chi connectivity index (χ1n) is 8.57. The summed E-state index contributed by atoms with van der Waals surface area (Å²) >= 11 is 5.95. The third-order valence-corrected chi connectivity index (χ3v) is 4.22. The molecule has 0 aliphatic rings. The summed E-state index contributed by atoms with van der Waals surface area (Å²) in [7, 11) is 0. The van der Waals surface area contributed by atoms with Gasteiger partial charge in [0.15, 0.2) is 6.10 Å². The van der Waals surface area contributed by atoms with E-state index in [9.17, 15) is 14.4 Å². The molecule has 3 amide bonds. The molecule has 1 heterocycles. The summed E-state index contributed by atoms with van der Waals surface area (Å²) in [5.74, 6) is -1.60. The van der Waals surface area contributed by atoms with Crippen LogP contribution in [0.15, 0.2) is 60.8 Å². The number of nitrogens with one attached hydrogen (secondary N) is 1. The maximum atomic E-state index is 12.8. The van der Waals surface area contributed by atoms with Gasteiger partial charge < -0.3 is 10.5 Å². The predicted molar refractivity (Wildman–Crippen MR) is 107 cm³/mol.